The van der Waals surface area contributed by atoms with E-state index in [0.29, 0.717) is 56.0 Å². The molecule has 8 nitrogen and oxygen atoms in total. The molecule has 0 atom stereocenters. The van der Waals surface area contributed by atoms with Gasteiger partial charge in [0, 0.05) is 47.5 Å². The van der Waals surface area contributed by atoms with E-state index in [0.717, 1.165) is 40.8 Å². The van der Waals surface area contributed by atoms with Gasteiger partial charge in [-0.3, -0.25) is 4.79 Å². The van der Waals surface area contributed by atoms with Crippen LogP contribution in [0.2, 0.25) is 0 Å². The number of ether oxygens (including phenoxy) is 3. The Morgan fingerprint density at radius 1 is 0.895 bits per heavy atom. The van der Waals surface area contributed by atoms with Crippen LogP contribution in [0.1, 0.15) is 13.3 Å². The molecule has 1 aliphatic heterocycles. The molecule has 4 rings (SSSR count). The Hall–Kier alpha value is -3.50. The van der Waals surface area contributed by atoms with Gasteiger partial charge in [0.25, 0.3) is 0 Å². The van der Waals surface area contributed by atoms with Crippen molar-refractivity contribution in [3.05, 3.63) is 70.9 Å². The standard InChI is InChI=1S/C29H32N2O6S/c1-2-12-34-14-16-36-17-15-35-13-11-30-29(38)31-21-5-3-20(4-6-21)28-24-9-7-22(32)18-26(24)37-27-19-23(33)8-10-25(27)28/h3-10,18-19,32H,2,11-17H2,1H3,(H2,30,31,38). The largest absolute Gasteiger partial charge is 0.508 e. The summed E-state index contributed by atoms with van der Waals surface area (Å²) in [5, 5.41) is 17.6. The molecule has 0 fully saturated rings. The second-order valence-corrected chi connectivity index (χ2v) is 9.02. The van der Waals surface area contributed by atoms with Crippen molar-refractivity contribution in [1.29, 1.82) is 0 Å². The van der Waals surface area contributed by atoms with Crippen LogP contribution in [0.15, 0.2) is 69.9 Å². The highest BCUT2D eigenvalue weighted by Crippen LogP contribution is 2.40. The summed E-state index contributed by atoms with van der Waals surface area (Å²) in [5.74, 6) is 0.560. The second-order valence-electron chi connectivity index (χ2n) is 8.61. The second kappa shape index (κ2) is 13.9. The topological polar surface area (TPSA) is 102 Å². The maximum Gasteiger partial charge on any atom is 0.182 e. The summed E-state index contributed by atoms with van der Waals surface area (Å²) in [7, 11) is 0. The Labute approximate surface area is 226 Å². The highest BCUT2D eigenvalue weighted by atomic mass is 32.1. The number of benzene rings is 3. The molecule has 38 heavy (non-hydrogen) atoms. The lowest BCUT2D eigenvalue weighted by molar-refractivity contribution is 0.0157. The molecule has 2 aromatic rings. The molecule has 1 heterocycles. The molecule has 0 radical (unpaired) electrons. The van der Waals surface area contributed by atoms with Crippen LogP contribution in [0.4, 0.5) is 5.69 Å². The minimum Gasteiger partial charge on any atom is -0.508 e. The van der Waals surface area contributed by atoms with Crippen LogP contribution in [0.25, 0.3) is 33.4 Å². The Kier molecular flexibility index (Phi) is 10.1. The third kappa shape index (κ3) is 7.52. The number of nitrogens with one attached hydrogen (secondary N) is 2. The van der Waals surface area contributed by atoms with Gasteiger partial charge in [-0.1, -0.05) is 19.1 Å². The van der Waals surface area contributed by atoms with Gasteiger partial charge in [-0.05, 0) is 60.6 Å². The molecule has 9 heteroatoms. The van der Waals surface area contributed by atoms with Crippen molar-refractivity contribution in [3.8, 4) is 28.2 Å². The molecule has 0 saturated heterocycles. The number of phenols is 1. The van der Waals surface area contributed by atoms with E-state index in [1.807, 2.05) is 30.3 Å². The van der Waals surface area contributed by atoms with Gasteiger partial charge < -0.3 is 34.4 Å². The maximum atomic E-state index is 11.9. The number of hydrogen-bond donors (Lipinski definition) is 3. The van der Waals surface area contributed by atoms with Crippen molar-refractivity contribution in [3.63, 3.8) is 0 Å². The molecule has 0 amide bonds. The van der Waals surface area contributed by atoms with Crippen molar-refractivity contribution in [1.82, 2.24) is 5.32 Å². The zero-order valence-corrected chi connectivity index (χ0v) is 22.1. The van der Waals surface area contributed by atoms with E-state index in [4.69, 9.17) is 30.8 Å². The normalized spacial score (nSPS) is 11.2. The van der Waals surface area contributed by atoms with Gasteiger partial charge in [-0.25, -0.2) is 0 Å². The molecular formula is C29H32N2O6S. The van der Waals surface area contributed by atoms with Crippen LogP contribution in [-0.2, 0) is 14.2 Å². The third-order valence-corrected chi connectivity index (χ3v) is 5.98. The minimum absolute atomic E-state index is 0.0945. The molecule has 3 N–H and O–H groups in total. The quantitative estimate of drug-likeness (QED) is 0.124. The van der Waals surface area contributed by atoms with E-state index in [1.165, 1.54) is 12.1 Å². The summed E-state index contributed by atoms with van der Waals surface area (Å²) in [6, 6.07) is 17.6. The summed E-state index contributed by atoms with van der Waals surface area (Å²) >= 11 is 5.40. The summed E-state index contributed by atoms with van der Waals surface area (Å²) in [6.07, 6.45) is 1.01. The molecule has 0 spiro atoms. The molecule has 0 bridgehead atoms. The summed E-state index contributed by atoms with van der Waals surface area (Å²) in [4.78, 5) is 11.9. The van der Waals surface area contributed by atoms with Crippen LogP contribution in [-0.4, -0.2) is 56.4 Å². The average molecular weight is 537 g/mol. The lowest BCUT2D eigenvalue weighted by Gasteiger charge is -2.16. The van der Waals surface area contributed by atoms with E-state index in [2.05, 4.69) is 17.6 Å². The summed E-state index contributed by atoms with van der Waals surface area (Å²) in [5.41, 5.74) is 3.87. The molecule has 0 aromatic heterocycles. The molecule has 200 valence electrons. The Balaban J connectivity index is 1.30. The fraction of sp³-hybridized carbons (Fsp3) is 0.310. The van der Waals surface area contributed by atoms with E-state index in [1.54, 1.807) is 18.2 Å². The maximum absolute atomic E-state index is 11.9. The summed E-state index contributed by atoms with van der Waals surface area (Å²) < 4.78 is 22.3. The van der Waals surface area contributed by atoms with Crippen molar-refractivity contribution >= 4 is 34.0 Å². The highest BCUT2D eigenvalue weighted by molar-refractivity contribution is 7.80. The predicted molar refractivity (Wildman–Crippen MR) is 153 cm³/mol. The van der Waals surface area contributed by atoms with Gasteiger partial charge in [0.2, 0.25) is 0 Å². The van der Waals surface area contributed by atoms with Crippen molar-refractivity contribution in [2.45, 2.75) is 13.3 Å². The van der Waals surface area contributed by atoms with Crippen LogP contribution >= 0.6 is 12.2 Å². The number of rotatable bonds is 13. The molecule has 2 aliphatic rings. The lowest BCUT2D eigenvalue weighted by Crippen LogP contribution is -2.31. The van der Waals surface area contributed by atoms with Crippen LogP contribution in [0.3, 0.4) is 0 Å². The fourth-order valence-electron chi connectivity index (χ4n) is 3.99. The Bertz CT molecular complexity index is 1370. The van der Waals surface area contributed by atoms with E-state index in [9.17, 15) is 9.90 Å². The number of phenolic OH excluding ortho intramolecular Hbond substituents is 1. The van der Waals surface area contributed by atoms with Crippen molar-refractivity contribution in [2.75, 3.05) is 51.5 Å². The van der Waals surface area contributed by atoms with Gasteiger partial charge in [-0.15, -0.1) is 0 Å². The van der Waals surface area contributed by atoms with Crippen molar-refractivity contribution in [2.24, 2.45) is 0 Å². The van der Waals surface area contributed by atoms with Gasteiger partial charge in [0.05, 0.1) is 33.0 Å². The van der Waals surface area contributed by atoms with Gasteiger partial charge in [0.15, 0.2) is 10.5 Å². The molecule has 2 aromatic carbocycles. The molecule has 1 aliphatic carbocycles. The monoisotopic (exact) mass is 536 g/mol. The first-order valence-electron chi connectivity index (χ1n) is 12.6. The number of hydrogen-bond acceptors (Lipinski definition) is 7. The van der Waals surface area contributed by atoms with Gasteiger partial charge in [-0.2, -0.15) is 0 Å². The molecule has 0 unspecified atom stereocenters. The molecule has 0 saturated carbocycles. The van der Waals surface area contributed by atoms with E-state index in [-0.39, 0.29) is 11.2 Å². The van der Waals surface area contributed by atoms with Crippen LogP contribution < -0.4 is 16.1 Å². The van der Waals surface area contributed by atoms with E-state index < -0.39 is 0 Å². The first-order chi connectivity index (χ1) is 18.5. The number of anilines is 1. The smallest absolute Gasteiger partial charge is 0.182 e. The van der Waals surface area contributed by atoms with Gasteiger partial charge in [0.1, 0.15) is 17.1 Å². The number of aromatic hydroxyl groups is 1. The van der Waals surface area contributed by atoms with Crippen molar-refractivity contribution < 1.29 is 23.7 Å². The molecular weight excluding hydrogens is 504 g/mol. The zero-order chi connectivity index (χ0) is 26.7. The van der Waals surface area contributed by atoms with Crippen LogP contribution in [0, 0.1) is 0 Å². The Morgan fingerprint density at radius 3 is 2.34 bits per heavy atom. The minimum atomic E-state index is -0.140. The fourth-order valence-corrected chi connectivity index (χ4v) is 4.21. The highest BCUT2D eigenvalue weighted by Gasteiger charge is 2.17. The zero-order valence-electron chi connectivity index (χ0n) is 21.3. The first-order valence-corrected chi connectivity index (χ1v) is 13.0. The number of thiocarbonyl (C=S) groups is 1. The predicted octanol–water partition coefficient (Wildman–Crippen LogP) is 5.02. The summed E-state index contributed by atoms with van der Waals surface area (Å²) in [6.45, 7) is 6.15. The lowest BCUT2D eigenvalue weighted by atomic mass is 9.93. The first kappa shape index (κ1) is 27.5. The van der Waals surface area contributed by atoms with E-state index >= 15 is 0 Å². The number of fused-ring (bicyclic) bond motifs is 2. The van der Waals surface area contributed by atoms with Gasteiger partial charge >= 0.3 is 0 Å². The van der Waals surface area contributed by atoms with Crippen LogP contribution in [0.5, 0.6) is 5.75 Å². The SMILES string of the molecule is CCCOCCOCCOCCNC(=S)Nc1ccc(-c2c3ccc(=O)cc-3oc3cc(O)ccc23)cc1. The third-order valence-electron chi connectivity index (χ3n) is 5.73. The average Bonchev–Trinajstić information content (AvgIpc) is 2.91. The Morgan fingerprint density at radius 2 is 1.61 bits per heavy atom.